The zero-order chi connectivity index (χ0) is 13.1. The molecule has 5 heteroatoms. The predicted octanol–water partition coefficient (Wildman–Crippen LogP) is 2.31. The molecule has 5 nitrogen and oxygen atoms in total. The van der Waals surface area contributed by atoms with Crippen LogP contribution in [0.2, 0.25) is 0 Å². The SMILES string of the molecule is Cc1ccc(O)c2ncn(CCCCC(=O)O)c12. The maximum Gasteiger partial charge on any atom is 0.303 e. The summed E-state index contributed by atoms with van der Waals surface area (Å²) in [6.07, 6.45) is 3.31. The number of hydrogen-bond donors (Lipinski definition) is 2. The van der Waals surface area contributed by atoms with E-state index in [2.05, 4.69) is 4.98 Å². The number of unbranched alkanes of at least 4 members (excludes halogenated alkanes) is 1. The number of imidazole rings is 1. The van der Waals surface area contributed by atoms with Crippen LogP contribution < -0.4 is 0 Å². The third kappa shape index (κ3) is 2.45. The van der Waals surface area contributed by atoms with Crippen molar-refractivity contribution >= 4 is 17.0 Å². The Morgan fingerprint density at radius 3 is 2.89 bits per heavy atom. The van der Waals surface area contributed by atoms with Crippen LogP contribution in [0.4, 0.5) is 0 Å². The molecule has 2 aromatic rings. The van der Waals surface area contributed by atoms with E-state index >= 15 is 0 Å². The lowest BCUT2D eigenvalue weighted by molar-refractivity contribution is -0.137. The van der Waals surface area contributed by atoms with Gasteiger partial charge in [0.25, 0.3) is 0 Å². The number of aromatic hydroxyl groups is 1. The van der Waals surface area contributed by atoms with Crippen molar-refractivity contribution in [2.75, 3.05) is 0 Å². The Morgan fingerprint density at radius 1 is 1.39 bits per heavy atom. The smallest absolute Gasteiger partial charge is 0.303 e. The predicted molar refractivity (Wildman–Crippen MR) is 67.6 cm³/mol. The highest BCUT2D eigenvalue weighted by Crippen LogP contribution is 2.26. The van der Waals surface area contributed by atoms with Gasteiger partial charge in [0.2, 0.25) is 0 Å². The molecule has 0 unspecified atom stereocenters. The molecule has 2 rings (SSSR count). The molecule has 2 N–H and O–H groups in total. The van der Waals surface area contributed by atoms with Crippen molar-refractivity contribution < 1.29 is 15.0 Å². The molecule has 0 amide bonds. The summed E-state index contributed by atoms with van der Waals surface area (Å²) in [6.45, 7) is 2.69. The number of aryl methyl sites for hydroxylation is 2. The van der Waals surface area contributed by atoms with Crippen LogP contribution in [0.15, 0.2) is 18.5 Å². The van der Waals surface area contributed by atoms with Crippen molar-refractivity contribution in [1.29, 1.82) is 0 Å². The van der Waals surface area contributed by atoms with E-state index in [1.807, 2.05) is 17.6 Å². The third-order valence-electron chi connectivity index (χ3n) is 2.98. The molecule has 0 atom stereocenters. The normalized spacial score (nSPS) is 10.9. The van der Waals surface area contributed by atoms with Gasteiger partial charge in [0.1, 0.15) is 11.3 Å². The molecular formula is C13H16N2O3. The Kier molecular flexibility index (Phi) is 3.50. The number of hydrogen-bond acceptors (Lipinski definition) is 3. The minimum atomic E-state index is -0.765. The van der Waals surface area contributed by atoms with Crippen molar-refractivity contribution in [1.82, 2.24) is 9.55 Å². The maximum atomic E-state index is 10.4. The van der Waals surface area contributed by atoms with E-state index in [0.717, 1.165) is 17.5 Å². The number of benzene rings is 1. The van der Waals surface area contributed by atoms with Crippen molar-refractivity contribution in [3.63, 3.8) is 0 Å². The lowest BCUT2D eigenvalue weighted by Gasteiger charge is -2.06. The number of fused-ring (bicyclic) bond motifs is 1. The first-order valence-electron chi connectivity index (χ1n) is 5.95. The van der Waals surface area contributed by atoms with Gasteiger partial charge >= 0.3 is 5.97 Å². The molecule has 0 fully saturated rings. The fourth-order valence-corrected chi connectivity index (χ4v) is 2.07. The van der Waals surface area contributed by atoms with Crippen LogP contribution in [-0.4, -0.2) is 25.7 Å². The first kappa shape index (κ1) is 12.4. The second kappa shape index (κ2) is 5.08. The molecular weight excluding hydrogens is 232 g/mol. The average molecular weight is 248 g/mol. The molecule has 96 valence electrons. The Hall–Kier alpha value is -2.04. The number of phenols is 1. The highest BCUT2D eigenvalue weighted by molar-refractivity contribution is 5.84. The number of carboxylic acids is 1. The van der Waals surface area contributed by atoms with Gasteiger partial charge in [0, 0.05) is 13.0 Å². The summed E-state index contributed by atoms with van der Waals surface area (Å²) < 4.78 is 1.96. The second-order valence-corrected chi connectivity index (χ2v) is 4.39. The summed E-state index contributed by atoms with van der Waals surface area (Å²) in [7, 11) is 0. The molecule has 0 aliphatic carbocycles. The maximum absolute atomic E-state index is 10.4. The van der Waals surface area contributed by atoms with Gasteiger partial charge in [0.15, 0.2) is 0 Å². The monoisotopic (exact) mass is 248 g/mol. The van der Waals surface area contributed by atoms with E-state index in [1.54, 1.807) is 12.4 Å². The number of phenolic OH excluding ortho intramolecular Hbond substituents is 1. The van der Waals surface area contributed by atoms with Crippen molar-refractivity contribution in [2.45, 2.75) is 32.7 Å². The number of nitrogens with zero attached hydrogens (tertiary/aromatic N) is 2. The summed E-state index contributed by atoms with van der Waals surface area (Å²) in [5, 5.41) is 18.3. The van der Waals surface area contributed by atoms with Crippen molar-refractivity contribution in [2.24, 2.45) is 0 Å². The van der Waals surface area contributed by atoms with Gasteiger partial charge < -0.3 is 14.8 Å². The molecule has 0 aliphatic heterocycles. The van der Waals surface area contributed by atoms with Gasteiger partial charge in [-0.3, -0.25) is 4.79 Å². The molecule has 1 heterocycles. The standard InChI is InChI=1S/C13H16N2O3/c1-9-5-6-10(16)12-13(9)15(8-14-12)7-3-2-4-11(17)18/h5-6,8,16H,2-4,7H2,1H3,(H,17,18). The molecule has 0 saturated carbocycles. The minimum Gasteiger partial charge on any atom is -0.506 e. The second-order valence-electron chi connectivity index (χ2n) is 4.39. The summed E-state index contributed by atoms with van der Waals surface area (Å²) in [5.74, 6) is -0.584. The molecule has 1 aromatic carbocycles. The molecule has 18 heavy (non-hydrogen) atoms. The number of aromatic nitrogens is 2. The van der Waals surface area contributed by atoms with Crippen molar-refractivity contribution in [3.8, 4) is 5.75 Å². The lowest BCUT2D eigenvalue weighted by Crippen LogP contribution is -2.00. The van der Waals surface area contributed by atoms with E-state index in [4.69, 9.17) is 5.11 Å². The molecule has 0 spiro atoms. The van der Waals surface area contributed by atoms with Crippen LogP contribution in [0.5, 0.6) is 5.75 Å². The Labute approximate surface area is 105 Å². The van der Waals surface area contributed by atoms with E-state index in [-0.39, 0.29) is 12.2 Å². The topological polar surface area (TPSA) is 75.4 Å². The van der Waals surface area contributed by atoms with Crippen LogP contribution in [0.25, 0.3) is 11.0 Å². The van der Waals surface area contributed by atoms with E-state index in [0.29, 0.717) is 18.5 Å². The van der Waals surface area contributed by atoms with Gasteiger partial charge in [-0.1, -0.05) is 6.07 Å². The third-order valence-corrected chi connectivity index (χ3v) is 2.98. The summed E-state index contributed by atoms with van der Waals surface area (Å²) in [4.78, 5) is 14.6. The van der Waals surface area contributed by atoms with Gasteiger partial charge in [-0.25, -0.2) is 4.98 Å². The van der Waals surface area contributed by atoms with Gasteiger partial charge in [-0.05, 0) is 31.4 Å². The fraction of sp³-hybridized carbons (Fsp3) is 0.385. The van der Waals surface area contributed by atoms with Gasteiger partial charge in [-0.2, -0.15) is 0 Å². The molecule has 0 aliphatic rings. The van der Waals surface area contributed by atoms with Crippen LogP contribution in [0.3, 0.4) is 0 Å². The number of rotatable bonds is 5. The van der Waals surface area contributed by atoms with Crippen molar-refractivity contribution in [3.05, 3.63) is 24.0 Å². The van der Waals surface area contributed by atoms with Crippen LogP contribution in [-0.2, 0) is 11.3 Å². The molecule has 1 aromatic heterocycles. The molecule has 0 radical (unpaired) electrons. The first-order chi connectivity index (χ1) is 8.59. The average Bonchev–Trinajstić information content (AvgIpc) is 2.74. The lowest BCUT2D eigenvalue weighted by atomic mass is 10.2. The van der Waals surface area contributed by atoms with E-state index in [1.165, 1.54) is 0 Å². The number of aliphatic carboxylic acids is 1. The summed E-state index contributed by atoms with van der Waals surface area (Å²) in [5.41, 5.74) is 2.58. The van der Waals surface area contributed by atoms with Crippen LogP contribution >= 0.6 is 0 Å². The van der Waals surface area contributed by atoms with Gasteiger partial charge in [-0.15, -0.1) is 0 Å². The fourth-order valence-electron chi connectivity index (χ4n) is 2.07. The zero-order valence-corrected chi connectivity index (χ0v) is 10.3. The highest BCUT2D eigenvalue weighted by Gasteiger charge is 2.09. The largest absolute Gasteiger partial charge is 0.506 e. The summed E-state index contributed by atoms with van der Waals surface area (Å²) in [6, 6.07) is 3.49. The molecule has 0 bridgehead atoms. The zero-order valence-electron chi connectivity index (χ0n) is 10.3. The number of carbonyl (C=O) groups is 1. The Balaban J connectivity index is 2.14. The van der Waals surface area contributed by atoms with Gasteiger partial charge in [0.05, 0.1) is 11.8 Å². The highest BCUT2D eigenvalue weighted by atomic mass is 16.4. The Bertz CT molecular complexity index is 575. The summed E-state index contributed by atoms with van der Waals surface area (Å²) >= 11 is 0. The Morgan fingerprint density at radius 2 is 2.17 bits per heavy atom. The minimum absolute atomic E-state index is 0.180. The quantitative estimate of drug-likeness (QED) is 0.796. The van der Waals surface area contributed by atoms with Crippen LogP contribution in [0, 0.1) is 6.92 Å². The van der Waals surface area contributed by atoms with E-state index < -0.39 is 5.97 Å². The molecule has 0 saturated heterocycles. The van der Waals surface area contributed by atoms with E-state index in [9.17, 15) is 9.90 Å². The number of carboxylic acid groups (broad SMARTS) is 1. The van der Waals surface area contributed by atoms with Crippen LogP contribution in [0.1, 0.15) is 24.8 Å². The first-order valence-corrected chi connectivity index (χ1v) is 5.95.